The maximum Gasteiger partial charge on any atom is 0.143 e. The summed E-state index contributed by atoms with van der Waals surface area (Å²) in [6, 6.07) is 90.3. The Morgan fingerprint density at radius 1 is 0.258 bits per heavy atom. The fraction of sp³-hybridized carbons (Fsp3) is 0. The maximum absolute atomic E-state index is 6.55. The second-order valence-electron chi connectivity index (χ2n) is 17.2. The quantitative estimate of drug-likeness (QED) is 0.149. The molecule has 0 aliphatic heterocycles. The van der Waals surface area contributed by atoms with Gasteiger partial charge in [-0.2, -0.15) is 0 Å². The average Bonchev–Trinajstić information content (AvgIpc) is 3.78. The third kappa shape index (κ3) is 6.34. The summed E-state index contributed by atoms with van der Waals surface area (Å²) >= 11 is 0. The van der Waals surface area contributed by atoms with Gasteiger partial charge in [-0.1, -0.05) is 200 Å². The van der Waals surface area contributed by atoms with Crippen LogP contribution in [0.3, 0.4) is 0 Å². The summed E-state index contributed by atoms with van der Waals surface area (Å²) in [6.45, 7) is 0. The van der Waals surface area contributed by atoms with Crippen molar-refractivity contribution in [2.24, 2.45) is 0 Å². The van der Waals surface area contributed by atoms with Crippen LogP contribution in [0.25, 0.3) is 110 Å². The van der Waals surface area contributed by atoms with E-state index in [2.05, 4.69) is 254 Å². The highest BCUT2D eigenvalue weighted by molar-refractivity contribution is 6.16. The molecule has 1 heterocycles. The van der Waals surface area contributed by atoms with Crippen LogP contribution in [0, 0.1) is 0 Å². The normalized spacial score (nSPS) is 11.6. The van der Waals surface area contributed by atoms with Crippen molar-refractivity contribution >= 4 is 82.1 Å². The zero-order chi connectivity index (χ0) is 43.6. The molecule has 0 aliphatic rings. The number of furan rings is 1. The zero-order valence-corrected chi connectivity index (χ0v) is 36.0. The molecule has 0 radical (unpaired) electrons. The van der Waals surface area contributed by atoms with Gasteiger partial charge in [0.15, 0.2) is 0 Å². The molecule has 2 nitrogen and oxygen atoms in total. The van der Waals surface area contributed by atoms with Gasteiger partial charge in [-0.15, -0.1) is 0 Å². The highest BCUT2D eigenvalue weighted by Crippen LogP contribution is 2.44. The predicted molar refractivity (Wildman–Crippen MR) is 280 cm³/mol. The predicted octanol–water partition coefficient (Wildman–Crippen LogP) is 18.3. The Balaban J connectivity index is 0.916. The third-order valence-electron chi connectivity index (χ3n) is 13.5. The minimum absolute atomic E-state index is 0.886. The Labute approximate surface area is 382 Å². The van der Waals surface area contributed by atoms with Crippen molar-refractivity contribution in [2.45, 2.75) is 0 Å². The Morgan fingerprint density at radius 2 is 0.727 bits per heavy atom. The molecule has 0 saturated heterocycles. The lowest BCUT2D eigenvalue weighted by atomic mass is 9.94. The van der Waals surface area contributed by atoms with Gasteiger partial charge in [0, 0.05) is 33.1 Å². The summed E-state index contributed by atoms with van der Waals surface area (Å²) in [5, 5.41) is 12.1. The van der Waals surface area contributed by atoms with E-state index in [9.17, 15) is 0 Å². The van der Waals surface area contributed by atoms with E-state index in [1.54, 1.807) is 0 Å². The summed E-state index contributed by atoms with van der Waals surface area (Å²) in [6.07, 6.45) is 0. The van der Waals surface area contributed by atoms with Crippen LogP contribution >= 0.6 is 0 Å². The molecule has 1 aromatic heterocycles. The monoisotopic (exact) mass is 839 g/mol. The molecule has 13 rings (SSSR count). The molecule has 13 aromatic rings. The van der Waals surface area contributed by atoms with Crippen LogP contribution in [-0.2, 0) is 0 Å². The summed E-state index contributed by atoms with van der Waals surface area (Å²) in [7, 11) is 0. The Bertz CT molecular complexity index is 3970. The fourth-order valence-corrected chi connectivity index (χ4v) is 10.2. The summed E-state index contributed by atoms with van der Waals surface area (Å²) in [4.78, 5) is 2.40. The lowest BCUT2D eigenvalue weighted by Crippen LogP contribution is -2.11. The standard InChI is InChI=1S/C64H41NO/c1-4-15-52-44(11-1)14-9-19-53(52)47-25-23-42(24-26-47)43-27-34-50(35-28-43)65(51-36-29-48(30-37-51)55-20-10-21-58-54-16-5-2-12-45(54)31-38-59(55)58)62-22-8-7-17-56(62)49-33-40-63-61(41-49)60-39-32-46-13-3-6-18-57(46)64(60)66-63/h1-41H. The molecule has 0 bridgehead atoms. The van der Waals surface area contributed by atoms with Crippen molar-refractivity contribution in [3.63, 3.8) is 0 Å². The number of anilines is 3. The Hall–Kier alpha value is -8.72. The molecule has 0 N–H and O–H groups in total. The zero-order valence-electron chi connectivity index (χ0n) is 36.0. The first-order valence-corrected chi connectivity index (χ1v) is 22.7. The highest BCUT2D eigenvalue weighted by atomic mass is 16.3. The van der Waals surface area contributed by atoms with Crippen molar-refractivity contribution in [1.29, 1.82) is 0 Å². The van der Waals surface area contributed by atoms with E-state index in [4.69, 9.17) is 4.42 Å². The van der Waals surface area contributed by atoms with Gasteiger partial charge < -0.3 is 9.32 Å². The number of benzene rings is 12. The molecule has 308 valence electrons. The maximum atomic E-state index is 6.55. The molecule has 2 heteroatoms. The molecule has 12 aromatic carbocycles. The lowest BCUT2D eigenvalue weighted by molar-refractivity contribution is 0.672. The Kier molecular flexibility index (Phi) is 8.89. The molecule has 0 spiro atoms. The topological polar surface area (TPSA) is 16.4 Å². The van der Waals surface area contributed by atoms with E-state index in [1.807, 2.05) is 0 Å². The number of hydrogen-bond donors (Lipinski definition) is 0. The van der Waals surface area contributed by atoms with E-state index in [-0.39, 0.29) is 0 Å². The fourth-order valence-electron chi connectivity index (χ4n) is 10.2. The highest BCUT2D eigenvalue weighted by Gasteiger charge is 2.20. The van der Waals surface area contributed by atoms with Gasteiger partial charge in [-0.25, -0.2) is 0 Å². The van der Waals surface area contributed by atoms with Gasteiger partial charge in [0.25, 0.3) is 0 Å². The number of hydrogen-bond acceptors (Lipinski definition) is 2. The van der Waals surface area contributed by atoms with Gasteiger partial charge in [0.2, 0.25) is 0 Å². The molecule has 0 amide bonds. The SMILES string of the molecule is c1ccc(N(c2ccc(-c3ccc(-c4cccc5ccccc45)cc3)cc2)c2ccc(-c3cccc4c3ccc3ccccc34)cc2)c(-c2ccc3oc4c5ccccc5ccc4c3c2)c1. The van der Waals surface area contributed by atoms with Gasteiger partial charge in [-0.05, 0) is 125 Å². The van der Waals surface area contributed by atoms with Crippen LogP contribution in [0.1, 0.15) is 0 Å². The minimum Gasteiger partial charge on any atom is -0.455 e. The second-order valence-corrected chi connectivity index (χ2v) is 17.2. The van der Waals surface area contributed by atoms with Gasteiger partial charge in [0.1, 0.15) is 11.2 Å². The van der Waals surface area contributed by atoms with Crippen LogP contribution in [-0.4, -0.2) is 0 Å². The first-order valence-electron chi connectivity index (χ1n) is 22.7. The molecule has 0 atom stereocenters. The Morgan fingerprint density at radius 3 is 1.45 bits per heavy atom. The van der Waals surface area contributed by atoms with Gasteiger partial charge in [-0.3, -0.25) is 0 Å². The molecule has 0 saturated carbocycles. The first kappa shape index (κ1) is 37.8. The van der Waals surface area contributed by atoms with Crippen molar-refractivity contribution in [3.8, 4) is 44.5 Å². The molecule has 0 unspecified atom stereocenters. The van der Waals surface area contributed by atoms with E-state index in [0.29, 0.717) is 0 Å². The van der Waals surface area contributed by atoms with Gasteiger partial charge >= 0.3 is 0 Å². The smallest absolute Gasteiger partial charge is 0.143 e. The van der Waals surface area contributed by atoms with Crippen LogP contribution in [0.4, 0.5) is 17.1 Å². The van der Waals surface area contributed by atoms with Crippen LogP contribution in [0.15, 0.2) is 253 Å². The van der Waals surface area contributed by atoms with Crippen molar-refractivity contribution in [1.82, 2.24) is 0 Å². The van der Waals surface area contributed by atoms with Crippen molar-refractivity contribution < 1.29 is 4.42 Å². The van der Waals surface area contributed by atoms with Gasteiger partial charge in [0.05, 0.1) is 5.69 Å². The largest absolute Gasteiger partial charge is 0.455 e. The molecule has 0 fully saturated rings. The molecular weight excluding hydrogens is 799 g/mol. The van der Waals surface area contributed by atoms with Crippen molar-refractivity contribution in [2.75, 3.05) is 4.90 Å². The van der Waals surface area contributed by atoms with E-state index < -0.39 is 0 Å². The second kappa shape index (κ2) is 15.5. The van der Waals surface area contributed by atoms with Crippen molar-refractivity contribution in [3.05, 3.63) is 249 Å². The summed E-state index contributed by atoms with van der Waals surface area (Å²) < 4.78 is 6.55. The number of fused-ring (bicyclic) bond motifs is 9. The van der Waals surface area contributed by atoms with E-state index >= 15 is 0 Å². The lowest BCUT2D eigenvalue weighted by Gasteiger charge is -2.28. The molecule has 0 aliphatic carbocycles. The average molecular weight is 840 g/mol. The van der Waals surface area contributed by atoms with Crippen LogP contribution in [0.2, 0.25) is 0 Å². The summed E-state index contributed by atoms with van der Waals surface area (Å²) in [5.41, 5.74) is 14.5. The van der Waals surface area contributed by atoms with Crippen LogP contribution in [0.5, 0.6) is 0 Å². The first-order chi connectivity index (χ1) is 32.7. The minimum atomic E-state index is 0.886. The molecule has 66 heavy (non-hydrogen) atoms. The van der Waals surface area contributed by atoms with E-state index in [0.717, 1.165) is 55.5 Å². The van der Waals surface area contributed by atoms with E-state index in [1.165, 1.54) is 71.1 Å². The summed E-state index contributed by atoms with van der Waals surface area (Å²) in [5.74, 6) is 0. The number of para-hydroxylation sites is 1. The number of nitrogens with zero attached hydrogens (tertiary/aromatic N) is 1. The molecular formula is C64H41NO. The number of rotatable bonds is 7. The van der Waals surface area contributed by atoms with Crippen LogP contribution < -0.4 is 4.90 Å². The third-order valence-corrected chi connectivity index (χ3v) is 13.5.